The smallest absolute Gasteiger partial charge is 0.335 e. The molecule has 0 aromatic heterocycles. The molecule has 3 N–H and O–H groups in total. The lowest BCUT2D eigenvalue weighted by atomic mass is 10.2. The summed E-state index contributed by atoms with van der Waals surface area (Å²) in [6.45, 7) is 0. The Morgan fingerprint density at radius 2 is 2.17 bits per heavy atom. The number of aromatic carboxylic acids is 1. The summed E-state index contributed by atoms with van der Waals surface area (Å²) < 4.78 is 0. The minimum absolute atomic E-state index is 0.0826. The minimum Gasteiger partial charge on any atom is -0.478 e. The number of halogens is 1. The number of hydrogen-bond donors (Lipinski definition) is 3. The second-order valence-electron chi connectivity index (χ2n) is 2.20. The van der Waals surface area contributed by atoms with Crippen LogP contribution in [-0.2, 0) is 0 Å². The highest BCUT2D eigenvalue weighted by Gasteiger charge is 2.08. The molecule has 0 fully saturated rings. The average Bonchev–Trinajstić information content (AvgIpc) is 1.99. The average molecular weight is 204 g/mol. The van der Waals surface area contributed by atoms with Crippen LogP contribution in [0.5, 0.6) is 0 Å². The first-order valence-corrected chi connectivity index (χ1v) is 3.86. The quantitative estimate of drug-likeness (QED) is 0.483. The molecule has 0 heterocycles. The third kappa shape index (κ3) is 1.65. The van der Waals surface area contributed by atoms with Crippen molar-refractivity contribution in [1.82, 2.24) is 0 Å². The fraction of sp³-hybridized carbons (Fsp3) is 0. The maximum absolute atomic E-state index is 10.5. The Bertz CT molecular complexity index is 317. The van der Waals surface area contributed by atoms with Gasteiger partial charge in [-0.15, -0.1) is 12.6 Å². The number of benzene rings is 1. The first kappa shape index (κ1) is 9.22. The van der Waals surface area contributed by atoms with Gasteiger partial charge in [0.05, 0.1) is 16.3 Å². The zero-order chi connectivity index (χ0) is 9.30. The molecule has 0 aliphatic heterocycles. The lowest BCUT2D eigenvalue weighted by molar-refractivity contribution is 0.0696. The third-order valence-corrected chi connectivity index (χ3v) is 2.04. The molecule has 1 aromatic carbocycles. The summed E-state index contributed by atoms with van der Waals surface area (Å²) in [5.74, 6) is -1.05. The van der Waals surface area contributed by atoms with Crippen molar-refractivity contribution < 1.29 is 9.90 Å². The highest BCUT2D eigenvalue weighted by atomic mass is 35.5. The number of carboxylic acid groups (broad SMARTS) is 1. The van der Waals surface area contributed by atoms with Gasteiger partial charge in [0.2, 0.25) is 0 Å². The molecule has 1 rings (SSSR count). The van der Waals surface area contributed by atoms with E-state index in [1.165, 1.54) is 12.1 Å². The molecule has 1 aromatic rings. The van der Waals surface area contributed by atoms with Gasteiger partial charge in [-0.3, -0.25) is 0 Å². The van der Waals surface area contributed by atoms with Crippen molar-refractivity contribution in [3.8, 4) is 0 Å². The molecule has 0 saturated carbocycles. The zero-order valence-electron chi connectivity index (χ0n) is 5.91. The molecule has 64 valence electrons. The number of carbonyl (C=O) groups is 1. The summed E-state index contributed by atoms with van der Waals surface area (Å²) in [7, 11) is 0. The molecule has 0 spiro atoms. The zero-order valence-corrected chi connectivity index (χ0v) is 7.56. The van der Waals surface area contributed by atoms with Crippen LogP contribution in [0, 0.1) is 0 Å². The molecular formula is C7H6ClNO2S. The molecule has 0 aliphatic carbocycles. The van der Waals surface area contributed by atoms with Crippen LogP contribution in [0.25, 0.3) is 0 Å². The second kappa shape index (κ2) is 3.25. The van der Waals surface area contributed by atoms with Crippen LogP contribution in [0.15, 0.2) is 17.0 Å². The fourth-order valence-corrected chi connectivity index (χ4v) is 1.27. The van der Waals surface area contributed by atoms with E-state index in [4.69, 9.17) is 22.4 Å². The summed E-state index contributed by atoms with van der Waals surface area (Å²) in [5.41, 5.74) is 5.83. The molecular weight excluding hydrogens is 198 g/mol. The fourth-order valence-electron chi connectivity index (χ4n) is 0.727. The Labute approximate surface area is 79.6 Å². The normalized spacial score (nSPS) is 9.83. The van der Waals surface area contributed by atoms with Gasteiger partial charge in [-0.05, 0) is 12.1 Å². The molecule has 0 atom stereocenters. The van der Waals surface area contributed by atoms with Crippen LogP contribution >= 0.6 is 24.2 Å². The summed E-state index contributed by atoms with van der Waals surface area (Å²) in [6.07, 6.45) is 0. The van der Waals surface area contributed by atoms with Crippen molar-refractivity contribution in [2.75, 3.05) is 5.73 Å². The number of anilines is 1. The van der Waals surface area contributed by atoms with E-state index in [1.54, 1.807) is 0 Å². The number of nitrogens with two attached hydrogens (primary N) is 1. The Kier molecular flexibility index (Phi) is 2.49. The van der Waals surface area contributed by atoms with Crippen molar-refractivity contribution >= 4 is 35.9 Å². The maximum Gasteiger partial charge on any atom is 0.335 e. The lowest BCUT2D eigenvalue weighted by Crippen LogP contribution is -1.98. The molecule has 0 saturated heterocycles. The van der Waals surface area contributed by atoms with Crippen LogP contribution in [0.3, 0.4) is 0 Å². The van der Waals surface area contributed by atoms with Gasteiger partial charge in [-0.1, -0.05) is 11.6 Å². The molecule has 5 heteroatoms. The van der Waals surface area contributed by atoms with Crippen molar-refractivity contribution in [1.29, 1.82) is 0 Å². The Morgan fingerprint density at radius 3 is 2.58 bits per heavy atom. The van der Waals surface area contributed by atoms with Crippen LogP contribution < -0.4 is 5.73 Å². The van der Waals surface area contributed by atoms with Crippen LogP contribution in [0.2, 0.25) is 5.02 Å². The van der Waals surface area contributed by atoms with E-state index in [1.807, 2.05) is 0 Å². The highest BCUT2D eigenvalue weighted by molar-refractivity contribution is 7.80. The molecule has 0 bridgehead atoms. The summed E-state index contributed by atoms with van der Waals surface area (Å²) >= 11 is 9.58. The molecule has 0 aliphatic rings. The van der Waals surface area contributed by atoms with Gasteiger partial charge in [0.1, 0.15) is 0 Å². The maximum atomic E-state index is 10.5. The summed E-state index contributed by atoms with van der Waals surface area (Å²) in [5, 5.41) is 8.80. The van der Waals surface area contributed by atoms with Crippen molar-refractivity contribution in [2.24, 2.45) is 0 Å². The van der Waals surface area contributed by atoms with E-state index in [0.717, 1.165) is 0 Å². The number of thiol groups is 1. The number of rotatable bonds is 1. The minimum atomic E-state index is -1.05. The lowest BCUT2D eigenvalue weighted by Gasteiger charge is -2.02. The van der Waals surface area contributed by atoms with Gasteiger partial charge in [0.15, 0.2) is 0 Å². The number of carboxylic acids is 1. The molecule has 0 unspecified atom stereocenters. The van der Waals surface area contributed by atoms with Crippen LogP contribution in [0.4, 0.5) is 5.69 Å². The topological polar surface area (TPSA) is 63.3 Å². The van der Waals surface area contributed by atoms with E-state index in [2.05, 4.69) is 12.6 Å². The van der Waals surface area contributed by atoms with Crippen molar-refractivity contribution in [3.63, 3.8) is 0 Å². The van der Waals surface area contributed by atoms with Gasteiger partial charge in [-0.25, -0.2) is 4.79 Å². The van der Waals surface area contributed by atoms with Crippen molar-refractivity contribution in [2.45, 2.75) is 4.90 Å². The van der Waals surface area contributed by atoms with E-state index in [0.29, 0.717) is 10.6 Å². The predicted molar refractivity (Wildman–Crippen MR) is 50.1 cm³/mol. The van der Waals surface area contributed by atoms with E-state index in [-0.39, 0.29) is 10.6 Å². The monoisotopic (exact) mass is 203 g/mol. The van der Waals surface area contributed by atoms with Gasteiger partial charge in [0.25, 0.3) is 0 Å². The highest BCUT2D eigenvalue weighted by Crippen LogP contribution is 2.27. The second-order valence-corrected chi connectivity index (χ2v) is 3.09. The summed E-state index contributed by atoms with van der Waals surface area (Å²) in [4.78, 5) is 10.9. The largest absolute Gasteiger partial charge is 0.478 e. The van der Waals surface area contributed by atoms with Gasteiger partial charge >= 0.3 is 5.97 Å². The van der Waals surface area contributed by atoms with Gasteiger partial charge in [-0.2, -0.15) is 0 Å². The molecule has 3 nitrogen and oxygen atoms in total. The van der Waals surface area contributed by atoms with E-state index < -0.39 is 5.97 Å². The first-order valence-electron chi connectivity index (χ1n) is 3.03. The summed E-state index contributed by atoms with van der Waals surface area (Å²) in [6, 6.07) is 2.64. The number of hydrogen-bond acceptors (Lipinski definition) is 3. The van der Waals surface area contributed by atoms with Crippen LogP contribution in [-0.4, -0.2) is 11.1 Å². The standard InChI is InChI=1S/C7H6ClNO2S/c8-4-1-3(7(10)11)2-5(12)6(4)9/h1-2,12H,9H2,(H,10,11). The molecule has 0 amide bonds. The molecule has 12 heavy (non-hydrogen) atoms. The number of nitrogen functional groups attached to an aromatic ring is 1. The van der Waals surface area contributed by atoms with Gasteiger partial charge in [0, 0.05) is 4.90 Å². The predicted octanol–water partition coefficient (Wildman–Crippen LogP) is 1.91. The Morgan fingerprint density at radius 1 is 1.58 bits per heavy atom. The van der Waals surface area contributed by atoms with Gasteiger partial charge < -0.3 is 10.8 Å². The third-order valence-electron chi connectivity index (χ3n) is 1.35. The van der Waals surface area contributed by atoms with E-state index in [9.17, 15) is 4.79 Å². The first-order chi connectivity index (χ1) is 5.52. The Balaban J connectivity index is 3.31. The van der Waals surface area contributed by atoms with Crippen LogP contribution in [0.1, 0.15) is 10.4 Å². The Hall–Kier alpha value is -0.870. The van der Waals surface area contributed by atoms with E-state index >= 15 is 0 Å². The van der Waals surface area contributed by atoms with Crippen molar-refractivity contribution in [3.05, 3.63) is 22.7 Å². The molecule has 0 radical (unpaired) electrons. The SMILES string of the molecule is Nc1c(S)cc(C(=O)O)cc1Cl.